The van der Waals surface area contributed by atoms with Crippen LogP contribution in [0.4, 0.5) is 5.82 Å². The van der Waals surface area contributed by atoms with Gasteiger partial charge in [-0.2, -0.15) is 4.98 Å². The first-order chi connectivity index (χ1) is 23.9. The number of carboxylic acid groups (broad SMARTS) is 1. The smallest absolute Gasteiger partial charge is 0.544 e. The zero-order valence-corrected chi connectivity index (χ0v) is 30.9. The topological polar surface area (TPSA) is 378 Å². The van der Waals surface area contributed by atoms with Crippen molar-refractivity contribution in [3.8, 4) is 0 Å². The zero-order chi connectivity index (χ0) is 38.1. The number of aliphatic carboxylic acids is 1. The van der Waals surface area contributed by atoms with Crippen molar-refractivity contribution < 1.29 is 112 Å². The molecule has 0 aromatic carbocycles. The van der Waals surface area contributed by atoms with Crippen LogP contribution >= 0.6 is 7.82 Å². The molecule has 52 heavy (non-hydrogen) atoms. The van der Waals surface area contributed by atoms with E-state index in [-0.39, 0.29) is 48.4 Å². The quantitative estimate of drug-likeness (QED) is 0.0334. The van der Waals surface area contributed by atoms with Crippen LogP contribution in [-0.2, 0) is 42.2 Å². The number of hydrogen-bond acceptors (Lipinski definition) is 20. The maximum absolute atomic E-state index is 13.0. The summed E-state index contributed by atoms with van der Waals surface area (Å²) in [7, 11) is -5.64. The van der Waals surface area contributed by atoms with Crippen LogP contribution in [0.5, 0.6) is 0 Å². The number of phosphoric ester groups is 1. The molecule has 0 bridgehead atoms. The number of carbonyl (C=O) groups is 3. The summed E-state index contributed by atoms with van der Waals surface area (Å²) < 4.78 is 39.3. The van der Waals surface area contributed by atoms with Crippen molar-refractivity contribution in [3.63, 3.8) is 0 Å². The first-order valence-corrected chi connectivity index (χ1v) is 17.1. The van der Waals surface area contributed by atoms with Gasteiger partial charge in [-0.15, -0.1) is 0 Å². The fourth-order valence-corrected chi connectivity index (χ4v) is 6.25. The first kappa shape index (κ1) is 46.2. The number of nitrogen functional groups attached to an aromatic ring is 1. The third-order valence-corrected chi connectivity index (χ3v) is 8.99. The second kappa shape index (κ2) is 20.6. The van der Waals surface area contributed by atoms with Crippen LogP contribution in [0, 0.1) is 5.92 Å². The average molecular weight is 780 g/mol. The van der Waals surface area contributed by atoms with E-state index >= 15 is 0 Å². The Bertz CT molecular complexity index is 1460. The summed E-state index contributed by atoms with van der Waals surface area (Å²) in [6, 6.07) is 1.19. The number of aliphatic hydroxyl groups is 6. The number of anilines is 1. The number of phosphoric acid groups is 1. The number of aliphatic hydroxyl groups excluding tert-OH is 6. The van der Waals surface area contributed by atoms with Gasteiger partial charge in [0.15, 0.2) is 12.0 Å². The number of amides is 1. The van der Waals surface area contributed by atoms with Gasteiger partial charge < -0.3 is 76.4 Å². The van der Waals surface area contributed by atoms with E-state index in [9.17, 15) is 64.4 Å². The molecule has 0 spiro atoms. The van der Waals surface area contributed by atoms with Crippen molar-refractivity contribution in [1.82, 2.24) is 14.9 Å². The van der Waals surface area contributed by atoms with Gasteiger partial charge in [-0.25, -0.2) is 13.9 Å². The summed E-state index contributed by atoms with van der Waals surface area (Å²) in [5.74, 6) is -8.76. The average Bonchev–Trinajstić information content (AvgIpc) is 3.35. The van der Waals surface area contributed by atoms with Crippen molar-refractivity contribution in [2.75, 3.05) is 45.3 Å². The second-order valence-corrected chi connectivity index (χ2v) is 13.1. The maximum atomic E-state index is 13.0. The van der Waals surface area contributed by atoms with E-state index in [0.717, 1.165) is 10.8 Å². The van der Waals surface area contributed by atoms with E-state index in [1.165, 1.54) is 6.07 Å². The maximum Gasteiger partial charge on any atom is 1.00 e. The first-order valence-electron chi connectivity index (χ1n) is 15.6. The van der Waals surface area contributed by atoms with Crippen LogP contribution in [0.15, 0.2) is 17.1 Å². The molecule has 0 saturated carbocycles. The van der Waals surface area contributed by atoms with Crippen LogP contribution in [0.1, 0.15) is 31.9 Å². The molecule has 2 aliphatic rings. The van der Waals surface area contributed by atoms with Crippen molar-refractivity contribution in [1.29, 1.82) is 0 Å². The van der Waals surface area contributed by atoms with Crippen molar-refractivity contribution in [2.45, 2.75) is 80.4 Å². The second-order valence-electron chi connectivity index (χ2n) is 11.8. The van der Waals surface area contributed by atoms with Crippen LogP contribution in [-0.4, -0.2) is 151 Å². The Morgan fingerprint density at radius 1 is 1.21 bits per heavy atom. The normalized spacial score (nSPS) is 29.7. The van der Waals surface area contributed by atoms with Gasteiger partial charge in [0.05, 0.1) is 38.6 Å². The molecule has 2 saturated heterocycles. The van der Waals surface area contributed by atoms with Gasteiger partial charge in [-0.05, 0) is 19.0 Å². The number of hydrogen-bond donors (Lipinski definition) is 10. The Balaban J connectivity index is 0.00000936. The number of rotatable bonds is 20. The van der Waals surface area contributed by atoms with Crippen LogP contribution in [0.2, 0.25) is 0 Å². The number of nitrogens with zero attached hydrogens (tertiary/aromatic N) is 2. The fourth-order valence-electron chi connectivity index (χ4n) is 5.30. The van der Waals surface area contributed by atoms with Gasteiger partial charge in [-0.1, -0.05) is 0 Å². The summed E-state index contributed by atoms with van der Waals surface area (Å²) in [5.41, 5.74) is 9.81. The van der Waals surface area contributed by atoms with E-state index in [0.29, 0.717) is 19.6 Å². The van der Waals surface area contributed by atoms with Gasteiger partial charge in [-0.3, -0.25) is 18.7 Å². The molecule has 0 radical (unpaired) electrons. The number of nitrogens with two attached hydrogens (primary N) is 2. The molecule has 2 aliphatic heterocycles. The predicted molar refractivity (Wildman–Crippen MR) is 163 cm³/mol. The van der Waals surface area contributed by atoms with Crippen molar-refractivity contribution >= 4 is 31.3 Å². The van der Waals surface area contributed by atoms with E-state index in [4.69, 9.17) is 34.7 Å². The summed E-state index contributed by atoms with van der Waals surface area (Å²) in [5, 5.41) is 76.7. The Kier molecular flexibility index (Phi) is 18.3. The van der Waals surface area contributed by atoms with Gasteiger partial charge in [0.2, 0.25) is 11.7 Å². The van der Waals surface area contributed by atoms with Crippen LogP contribution < -0.4 is 57.1 Å². The van der Waals surface area contributed by atoms with E-state index in [1.54, 1.807) is 0 Å². The Morgan fingerprint density at radius 3 is 2.52 bits per heavy atom. The molecule has 0 aliphatic carbocycles. The van der Waals surface area contributed by atoms with Gasteiger partial charge in [0.1, 0.15) is 42.3 Å². The van der Waals surface area contributed by atoms with Gasteiger partial charge in [0, 0.05) is 38.0 Å². The van der Waals surface area contributed by atoms with Crippen molar-refractivity contribution in [2.24, 2.45) is 11.7 Å². The molecule has 1 aromatic rings. The number of carbonyl (C=O) groups excluding carboxylic acids is 3. The Morgan fingerprint density at radius 2 is 1.90 bits per heavy atom. The monoisotopic (exact) mass is 779 g/mol. The predicted octanol–water partition coefficient (Wildman–Crippen LogP) is -9.66. The molecule has 1 aromatic heterocycles. The number of carboxylic acids is 1. The summed E-state index contributed by atoms with van der Waals surface area (Å²) >= 11 is 0. The molecular formula is C27H43N5NaO18P. The summed E-state index contributed by atoms with van der Waals surface area (Å²) in [6.07, 6.45) is -15.5. The molecule has 12 N–H and O–H groups in total. The number of nitrogens with one attached hydrogen (secondary N) is 1. The third kappa shape index (κ3) is 12.3. The van der Waals surface area contributed by atoms with Crippen LogP contribution in [0.25, 0.3) is 0 Å². The molecule has 25 heteroatoms. The molecule has 1 amide bonds. The SMILES string of the molecule is NCCCOCCC(=O)NCC(=O)CC1C(O)CC(OP(=O)(O)OC[C@H]2O[C@@H](n3ccc(N)nc3=O)C(O)[C@H]2O)(C(=O)[O-])OC1C(O)[C@H](O)CO.[Na+]. The fraction of sp³-hybridized carbons (Fsp3) is 0.741. The van der Waals surface area contributed by atoms with Crippen molar-refractivity contribution in [3.05, 3.63) is 22.7 Å². The molecule has 23 nitrogen and oxygen atoms in total. The Labute approximate surface area is 317 Å². The van der Waals surface area contributed by atoms with Gasteiger partial charge in [0.25, 0.3) is 0 Å². The van der Waals surface area contributed by atoms with E-state index in [2.05, 4.69) is 10.3 Å². The summed E-state index contributed by atoms with van der Waals surface area (Å²) in [4.78, 5) is 63.3. The molecule has 3 rings (SSSR count). The molecular weight excluding hydrogens is 736 g/mol. The van der Waals surface area contributed by atoms with Gasteiger partial charge >= 0.3 is 43.1 Å². The molecule has 290 valence electrons. The Hall–Kier alpha value is -2.00. The zero-order valence-electron chi connectivity index (χ0n) is 28.0. The minimum Gasteiger partial charge on any atom is -0.544 e. The molecule has 2 fully saturated rings. The molecule has 3 heterocycles. The standard InChI is InChI=1S/C27H44N5O18P.Na/c28-4-1-6-46-7-3-19(37)30-10-13(34)8-14-15(35)9-27(25(41)42,49-23(14)20(38)16(36)11-33)50-51(44,45)47-12-17-21(39)22(40)24(48-17)32-5-2-18(29)31-26(32)43;/h2,5,14-17,20-24,33,35-36,38-40H,1,3-4,6-12,28H2,(H,30,37)(H,41,42)(H,44,45)(H2,29,31,43);/q;+1/p-1/t14?,15?,16-,17-,20?,21+,22?,23?,24-,27?;/m1./s1. The van der Waals surface area contributed by atoms with E-state index in [1.807, 2.05) is 0 Å². The third-order valence-electron chi connectivity index (χ3n) is 7.99. The summed E-state index contributed by atoms with van der Waals surface area (Å²) in [6.45, 7) is -1.98. The number of Topliss-reactive ketones (excluding diaryl/α,β-unsaturated/α-hetero) is 1. The molecule has 7 unspecified atom stereocenters. The van der Waals surface area contributed by atoms with Crippen LogP contribution in [0.3, 0.4) is 0 Å². The van der Waals surface area contributed by atoms with E-state index < -0.39 is 124 Å². The minimum atomic E-state index is -5.64. The molecule has 11 atom stereocenters. The largest absolute Gasteiger partial charge is 1.00 e. The minimum absolute atomic E-state index is 0. The number of ketones is 1. The number of ether oxygens (including phenoxy) is 3. The number of aromatic nitrogens is 2.